The van der Waals surface area contributed by atoms with Crippen LogP contribution in [-0.4, -0.2) is 20.7 Å². The lowest BCUT2D eigenvalue weighted by atomic mass is 9.91. The van der Waals surface area contributed by atoms with Gasteiger partial charge in [0.25, 0.3) is 0 Å². The Kier molecular flexibility index (Phi) is 4.11. The molecule has 4 nitrogen and oxygen atoms in total. The molecule has 3 rings (SSSR count). The summed E-state index contributed by atoms with van der Waals surface area (Å²) in [5, 5.41) is 0. The van der Waals surface area contributed by atoms with E-state index in [1.807, 2.05) is 12.1 Å². The molecule has 2 N–H and O–H groups in total. The molecule has 0 unspecified atom stereocenters. The molecule has 0 radical (unpaired) electrons. The van der Waals surface area contributed by atoms with Gasteiger partial charge in [0.15, 0.2) is 0 Å². The second-order valence-electron chi connectivity index (χ2n) is 6.35. The van der Waals surface area contributed by atoms with E-state index in [1.165, 1.54) is 19.3 Å². The number of rotatable bonds is 3. The summed E-state index contributed by atoms with van der Waals surface area (Å²) in [5.74, 6) is 0.638. The summed E-state index contributed by atoms with van der Waals surface area (Å²) in [6, 6.07) is 5.58. The van der Waals surface area contributed by atoms with E-state index >= 15 is 0 Å². The van der Waals surface area contributed by atoms with Crippen LogP contribution in [0.1, 0.15) is 44.1 Å². The number of nitrogens with zero attached hydrogens (tertiary/aromatic N) is 1. The molecule has 1 heterocycles. The second kappa shape index (κ2) is 5.87. The molecule has 1 fully saturated rings. The first kappa shape index (κ1) is 14.7. The van der Waals surface area contributed by atoms with Crippen molar-refractivity contribution < 1.29 is 8.42 Å². The molecule has 1 aliphatic heterocycles. The summed E-state index contributed by atoms with van der Waals surface area (Å²) in [6.07, 6.45) is 7.50. The minimum Gasteiger partial charge on any atom is -0.399 e. The molecule has 0 bridgehead atoms. The van der Waals surface area contributed by atoms with Crippen molar-refractivity contribution in [2.75, 3.05) is 22.3 Å². The van der Waals surface area contributed by atoms with E-state index in [9.17, 15) is 8.42 Å². The molecular formula is C16H24N2O2S. The van der Waals surface area contributed by atoms with E-state index in [0.717, 1.165) is 36.9 Å². The van der Waals surface area contributed by atoms with Crippen LogP contribution in [-0.2, 0) is 16.4 Å². The smallest absolute Gasteiger partial charge is 0.235 e. The summed E-state index contributed by atoms with van der Waals surface area (Å²) in [5.41, 5.74) is 8.43. The minimum absolute atomic E-state index is 0.302. The number of aryl methyl sites for hydroxylation is 1. The number of benzene rings is 1. The highest BCUT2D eigenvalue weighted by atomic mass is 32.2. The van der Waals surface area contributed by atoms with E-state index in [1.54, 1.807) is 10.4 Å². The first-order valence-electron chi connectivity index (χ1n) is 7.95. The highest BCUT2D eigenvalue weighted by Gasteiger charge is 2.30. The number of nitrogen functional groups attached to an aromatic ring is 1. The van der Waals surface area contributed by atoms with Gasteiger partial charge in [-0.05, 0) is 55.4 Å². The Morgan fingerprint density at radius 2 is 1.90 bits per heavy atom. The Labute approximate surface area is 127 Å². The second-order valence-corrected chi connectivity index (χ2v) is 8.28. The van der Waals surface area contributed by atoms with Crippen LogP contribution < -0.4 is 10.0 Å². The van der Waals surface area contributed by atoms with Gasteiger partial charge in [0.05, 0.1) is 11.4 Å². The van der Waals surface area contributed by atoms with Gasteiger partial charge in [0.1, 0.15) is 0 Å². The molecule has 116 valence electrons. The zero-order valence-electron chi connectivity index (χ0n) is 12.4. The molecule has 1 aliphatic carbocycles. The molecular weight excluding hydrogens is 284 g/mol. The molecule has 0 atom stereocenters. The van der Waals surface area contributed by atoms with Gasteiger partial charge in [-0.1, -0.05) is 19.3 Å². The third-order valence-electron chi connectivity index (χ3n) is 4.69. The Hall–Kier alpha value is -1.23. The summed E-state index contributed by atoms with van der Waals surface area (Å²) in [6.45, 7) is 0.603. The molecule has 1 aromatic carbocycles. The van der Waals surface area contributed by atoms with Crippen molar-refractivity contribution in [1.29, 1.82) is 0 Å². The summed E-state index contributed by atoms with van der Waals surface area (Å²) >= 11 is 0. The Morgan fingerprint density at radius 1 is 1.14 bits per heavy atom. The van der Waals surface area contributed by atoms with Crippen LogP contribution in [0.5, 0.6) is 0 Å². The zero-order chi connectivity index (χ0) is 14.9. The molecule has 0 amide bonds. The standard InChI is InChI=1S/C16H24N2O2S/c17-15-8-9-16-14(11-15)7-4-10-18(16)21(19,20)12-13-5-2-1-3-6-13/h8-9,11,13H,1-7,10,12,17H2. The third kappa shape index (κ3) is 3.18. The number of nitrogens with two attached hydrogens (primary N) is 1. The molecule has 0 saturated heterocycles. The molecule has 2 aliphatic rings. The predicted octanol–water partition coefficient (Wildman–Crippen LogP) is 2.93. The van der Waals surface area contributed by atoms with Gasteiger partial charge in [0.2, 0.25) is 10.0 Å². The van der Waals surface area contributed by atoms with Crippen LogP contribution in [0.25, 0.3) is 0 Å². The van der Waals surface area contributed by atoms with Gasteiger partial charge in [-0.2, -0.15) is 0 Å². The van der Waals surface area contributed by atoms with Gasteiger partial charge < -0.3 is 5.73 Å². The third-order valence-corrected chi connectivity index (χ3v) is 6.63. The van der Waals surface area contributed by atoms with E-state index in [0.29, 0.717) is 23.9 Å². The monoisotopic (exact) mass is 308 g/mol. The predicted molar refractivity (Wildman–Crippen MR) is 86.9 cm³/mol. The molecule has 0 spiro atoms. The zero-order valence-corrected chi connectivity index (χ0v) is 13.2. The van der Waals surface area contributed by atoms with Gasteiger partial charge in [0, 0.05) is 12.2 Å². The van der Waals surface area contributed by atoms with Crippen molar-refractivity contribution in [3.8, 4) is 0 Å². The SMILES string of the molecule is Nc1ccc2c(c1)CCCN2S(=O)(=O)CC1CCCCC1. The summed E-state index contributed by atoms with van der Waals surface area (Å²) in [4.78, 5) is 0. The Bertz CT molecular complexity index is 607. The lowest BCUT2D eigenvalue weighted by Crippen LogP contribution is -2.39. The average Bonchev–Trinajstić information content (AvgIpc) is 2.47. The summed E-state index contributed by atoms with van der Waals surface area (Å²) < 4.78 is 27.2. The topological polar surface area (TPSA) is 63.4 Å². The number of fused-ring (bicyclic) bond motifs is 1. The maximum Gasteiger partial charge on any atom is 0.235 e. The van der Waals surface area contributed by atoms with Gasteiger partial charge >= 0.3 is 0 Å². The highest BCUT2D eigenvalue weighted by molar-refractivity contribution is 7.92. The number of sulfonamides is 1. The first-order chi connectivity index (χ1) is 10.1. The van der Waals surface area contributed by atoms with E-state index in [-0.39, 0.29) is 0 Å². The fraction of sp³-hybridized carbons (Fsp3) is 0.625. The maximum absolute atomic E-state index is 12.8. The molecule has 5 heteroatoms. The number of anilines is 2. The molecule has 1 saturated carbocycles. The first-order valence-corrected chi connectivity index (χ1v) is 9.56. The van der Waals surface area contributed by atoms with Crippen LogP contribution in [0.4, 0.5) is 11.4 Å². The average molecular weight is 308 g/mol. The lowest BCUT2D eigenvalue weighted by molar-refractivity contribution is 0.384. The van der Waals surface area contributed by atoms with Crippen molar-refractivity contribution in [2.45, 2.75) is 44.9 Å². The number of hydrogen-bond acceptors (Lipinski definition) is 3. The minimum atomic E-state index is -3.22. The van der Waals surface area contributed by atoms with Crippen LogP contribution in [0, 0.1) is 5.92 Å². The van der Waals surface area contributed by atoms with Crippen molar-refractivity contribution in [1.82, 2.24) is 0 Å². The normalized spacial score (nSPS) is 20.3. The largest absolute Gasteiger partial charge is 0.399 e. The molecule has 1 aromatic rings. The van der Waals surface area contributed by atoms with Gasteiger partial charge in [-0.3, -0.25) is 4.31 Å². The fourth-order valence-electron chi connectivity index (χ4n) is 3.61. The quantitative estimate of drug-likeness (QED) is 0.873. The van der Waals surface area contributed by atoms with Crippen molar-refractivity contribution in [3.63, 3.8) is 0 Å². The van der Waals surface area contributed by atoms with E-state index < -0.39 is 10.0 Å². The Morgan fingerprint density at radius 3 is 2.67 bits per heavy atom. The van der Waals surface area contributed by atoms with E-state index in [2.05, 4.69) is 0 Å². The van der Waals surface area contributed by atoms with Crippen molar-refractivity contribution in [2.24, 2.45) is 5.92 Å². The molecule has 21 heavy (non-hydrogen) atoms. The van der Waals surface area contributed by atoms with Gasteiger partial charge in [-0.15, -0.1) is 0 Å². The van der Waals surface area contributed by atoms with Crippen LogP contribution in [0.15, 0.2) is 18.2 Å². The highest BCUT2D eigenvalue weighted by Crippen LogP contribution is 2.33. The number of hydrogen-bond donors (Lipinski definition) is 1. The van der Waals surface area contributed by atoms with Crippen LogP contribution in [0.2, 0.25) is 0 Å². The maximum atomic E-state index is 12.8. The van der Waals surface area contributed by atoms with E-state index in [4.69, 9.17) is 5.73 Å². The summed E-state index contributed by atoms with van der Waals surface area (Å²) in [7, 11) is -3.22. The van der Waals surface area contributed by atoms with Crippen molar-refractivity contribution in [3.05, 3.63) is 23.8 Å². The van der Waals surface area contributed by atoms with Crippen molar-refractivity contribution >= 4 is 21.4 Å². The van der Waals surface area contributed by atoms with Crippen LogP contribution in [0.3, 0.4) is 0 Å². The fourth-order valence-corrected chi connectivity index (χ4v) is 5.61. The molecule has 0 aromatic heterocycles. The van der Waals surface area contributed by atoms with Gasteiger partial charge in [-0.25, -0.2) is 8.42 Å². The lowest BCUT2D eigenvalue weighted by Gasteiger charge is -2.32. The Balaban J connectivity index is 1.83. The van der Waals surface area contributed by atoms with Crippen LogP contribution >= 0.6 is 0 Å².